The summed E-state index contributed by atoms with van der Waals surface area (Å²) in [7, 11) is 0. The van der Waals surface area contributed by atoms with Crippen LogP contribution in [0.4, 0.5) is 0 Å². The standard InChI is InChI=1S/C10H14O.C7H8O.C6H6O.CH2O/c1-10(2,3)8-6-4-5-7-9(8)11;1-6-3-2-4-7(8)5-6;7-6-4-2-1-3-5-6;1-2/h4-7,11H,1-3H3;2-5,8H,1H3;1-5,7H;1H2. The molecule has 0 saturated carbocycles. The van der Waals surface area contributed by atoms with Crippen LogP contribution < -0.4 is 0 Å². The molecule has 0 bridgehead atoms. The van der Waals surface area contributed by atoms with Crippen LogP contribution in [0.25, 0.3) is 0 Å². The summed E-state index contributed by atoms with van der Waals surface area (Å²) in [6, 6.07) is 23.3. The monoisotopic (exact) mass is 382 g/mol. The Labute approximate surface area is 167 Å². The molecule has 0 aliphatic heterocycles. The Morgan fingerprint density at radius 1 is 0.679 bits per heavy atom. The quantitative estimate of drug-likeness (QED) is 0.473. The van der Waals surface area contributed by atoms with Gasteiger partial charge in [-0.05, 0) is 53.8 Å². The molecule has 4 nitrogen and oxygen atoms in total. The van der Waals surface area contributed by atoms with Gasteiger partial charge in [0.2, 0.25) is 0 Å². The Hall–Kier alpha value is -3.27. The number of aryl methyl sites for hydroxylation is 1. The minimum atomic E-state index is 0.0331. The summed E-state index contributed by atoms with van der Waals surface area (Å²) in [5, 5.41) is 26.9. The second-order valence-corrected chi connectivity index (χ2v) is 6.94. The second kappa shape index (κ2) is 13.0. The van der Waals surface area contributed by atoms with E-state index in [0.717, 1.165) is 11.1 Å². The molecule has 0 aliphatic carbocycles. The molecule has 0 radical (unpaired) electrons. The predicted molar refractivity (Wildman–Crippen MR) is 115 cm³/mol. The van der Waals surface area contributed by atoms with Crippen molar-refractivity contribution in [3.63, 3.8) is 0 Å². The van der Waals surface area contributed by atoms with Gasteiger partial charge in [0.25, 0.3) is 0 Å². The Bertz CT molecular complexity index is 776. The number of hydrogen-bond acceptors (Lipinski definition) is 4. The van der Waals surface area contributed by atoms with Crippen LogP contribution in [0.1, 0.15) is 31.9 Å². The fourth-order valence-corrected chi connectivity index (χ4v) is 2.16. The molecule has 3 N–H and O–H groups in total. The van der Waals surface area contributed by atoms with Gasteiger partial charge in [-0.25, -0.2) is 0 Å². The minimum Gasteiger partial charge on any atom is -0.508 e. The number of para-hydroxylation sites is 2. The predicted octanol–water partition coefficient (Wildman–Crippen LogP) is 5.60. The number of phenolic OH excluding ortho intramolecular Hbond substituents is 3. The van der Waals surface area contributed by atoms with Gasteiger partial charge >= 0.3 is 0 Å². The van der Waals surface area contributed by atoms with Crippen LogP contribution in [0.15, 0.2) is 78.9 Å². The van der Waals surface area contributed by atoms with Gasteiger partial charge in [-0.2, -0.15) is 0 Å². The highest BCUT2D eigenvalue weighted by Crippen LogP contribution is 2.29. The van der Waals surface area contributed by atoms with Crippen LogP contribution in [0, 0.1) is 6.92 Å². The van der Waals surface area contributed by atoms with Crippen molar-refractivity contribution < 1.29 is 20.1 Å². The largest absolute Gasteiger partial charge is 0.508 e. The molecule has 3 aromatic carbocycles. The lowest BCUT2D eigenvalue weighted by atomic mass is 9.86. The Morgan fingerprint density at radius 3 is 1.50 bits per heavy atom. The summed E-state index contributed by atoms with van der Waals surface area (Å²) in [4.78, 5) is 8.00. The highest BCUT2D eigenvalue weighted by atomic mass is 16.3. The first-order chi connectivity index (χ1) is 13.2. The van der Waals surface area contributed by atoms with Gasteiger partial charge in [0.05, 0.1) is 0 Å². The van der Waals surface area contributed by atoms with Crippen molar-refractivity contribution in [3.05, 3.63) is 90.0 Å². The van der Waals surface area contributed by atoms with Gasteiger partial charge in [-0.1, -0.05) is 69.3 Å². The first-order valence-corrected chi connectivity index (χ1v) is 8.77. The second-order valence-electron chi connectivity index (χ2n) is 6.94. The normalized spacial score (nSPS) is 9.43. The summed E-state index contributed by atoms with van der Waals surface area (Å²) in [5.41, 5.74) is 2.12. The minimum absolute atomic E-state index is 0.0331. The molecule has 28 heavy (non-hydrogen) atoms. The molecule has 0 unspecified atom stereocenters. The summed E-state index contributed by atoms with van der Waals surface area (Å²) < 4.78 is 0. The van der Waals surface area contributed by atoms with Crippen LogP contribution in [0.3, 0.4) is 0 Å². The summed E-state index contributed by atoms with van der Waals surface area (Å²) in [6.45, 7) is 10.2. The third-order valence-corrected chi connectivity index (χ3v) is 3.47. The lowest BCUT2D eigenvalue weighted by Gasteiger charge is -2.19. The van der Waals surface area contributed by atoms with E-state index in [0.29, 0.717) is 17.2 Å². The molecule has 0 amide bonds. The molecule has 0 spiro atoms. The number of hydrogen-bond donors (Lipinski definition) is 3. The zero-order valence-electron chi connectivity index (χ0n) is 17.0. The van der Waals surface area contributed by atoms with E-state index in [-0.39, 0.29) is 5.41 Å². The number of rotatable bonds is 0. The molecule has 3 aromatic rings. The number of benzene rings is 3. The topological polar surface area (TPSA) is 77.8 Å². The van der Waals surface area contributed by atoms with Crippen LogP contribution in [-0.2, 0) is 10.2 Å². The smallest absolute Gasteiger partial charge is 0.119 e. The van der Waals surface area contributed by atoms with Crippen molar-refractivity contribution in [2.24, 2.45) is 0 Å². The summed E-state index contributed by atoms with van der Waals surface area (Å²) in [6.07, 6.45) is 0. The number of phenols is 3. The van der Waals surface area contributed by atoms with Crippen molar-refractivity contribution in [1.82, 2.24) is 0 Å². The molecule has 3 rings (SSSR count). The van der Waals surface area contributed by atoms with E-state index in [1.165, 1.54) is 0 Å². The van der Waals surface area contributed by atoms with Crippen molar-refractivity contribution in [2.45, 2.75) is 33.1 Å². The molecule has 0 aromatic heterocycles. The van der Waals surface area contributed by atoms with E-state index in [4.69, 9.17) is 15.0 Å². The van der Waals surface area contributed by atoms with Gasteiger partial charge in [0.15, 0.2) is 0 Å². The third-order valence-electron chi connectivity index (χ3n) is 3.47. The summed E-state index contributed by atoms with van der Waals surface area (Å²) in [5.74, 6) is 1.05. The number of aromatic hydroxyl groups is 3. The van der Waals surface area contributed by atoms with Crippen molar-refractivity contribution >= 4 is 6.79 Å². The molecule has 4 heteroatoms. The number of carbonyl (C=O) groups is 1. The van der Waals surface area contributed by atoms with Gasteiger partial charge in [-0.3, -0.25) is 0 Å². The first-order valence-electron chi connectivity index (χ1n) is 8.77. The maximum atomic E-state index is 9.45. The third kappa shape index (κ3) is 10.7. The van der Waals surface area contributed by atoms with Crippen molar-refractivity contribution in [1.29, 1.82) is 0 Å². The van der Waals surface area contributed by atoms with E-state index >= 15 is 0 Å². The molecule has 0 fully saturated rings. The molecular formula is C24H30O4. The van der Waals surface area contributed by atoms with Crippen LogP contribution in [0.5, 0.6) is 17.2 Å². The summed E-state index contributed by atoms with van der Waals surface area (Å²) >= 11 is 0. The van der Waals surface area contributed by atoms with Gasteiger partial charge in [0, 0.05) is 0 Å². The van der Waals surface area contributed by atoms with Crippen LogP contribution in [0.2, 0.25) is 0 Å². The molecule has 0 heterocycles. The molecule has 0 atom stereocenters. The highest BCUT2D eigenvalue weighted by molar-refractivity contribution is 5.36. The highest BCUT2D eigenvalue weighted by Gasteiger charge is 2.16. The SMILES string of the molecule is C=O.CC(C)(C)c1ccccc1O.Cc1cccc(O)c1.Oc1ccccc1. The first kappa shape index (κ1) is 24.7. The molecule has 0 saturated heterocycles. The Balaban J connectivity index is 0.000000383. The van der Waals surface area contributed by atoms with Crippen molar-refractivity contribution in [2.75, 3.05) is 0 Å². The maximum absolute atomic E-state index is 9.45. The average Bonchev–Trinajstić information content (AvgIpc) is 2.64. The van der Waals surface area contributed by atoms with Crippen LogP contribution in [-0.4, -0.2) is 22.1 Å². The zero-order chi connectivity index (χ0) is 21.6. The van der Waals surface area contributed by atoms with E-state index in [2.05, 4.69) is 20.8 Å². The molecule has 150 valence electrons. The Morgan fingerprint density at radius 2 is 1.18 bits per heavy atom. The van der Waals surface area contributed by atoms with Gasteiger partial charge in [-0.15, -0.1) is 0 Å². The van der Waals surface area contributed by atoms with Crippen LogP contribution >= 0.6 is 0 Å². The van der Waals surface area contributed by atoms with E-state index in [9.17, 15) is 5.11 Å². The molecular weight excluding hydrogens is 352 g/mol. The lowest BCUT2D eigenvalue weighted by Crippen LogP contribution is -2.10. The number of carbonyl (C=O) groups excluding carboxylic acids is 1. The lowest BCUT2D eigenvalue weighted by molar-refractivity contribution is -0.0980. The van der Waals surface area contributed by atoms with E-state index < -0.39 is 0 Å². The van der Waals surface area contributed by atoms with Gasteiger partial charge < -0.3 is 20.1 Å². The fourth-order valence-electron chi connectivity index (χ4n) is 2.16. The molecule has 0 aliphatic rings. The zero-order valence-corrected chi connectivity index (χ0v) is 17.0. The maximum Gasteiger partial charge on any atom is 0.119 e. The van der Waals surface area contributed by atoms with E-state index in [1.807, 2.05) is 50.1 Å². The average molecular weight is 383 g/mol. The van der Waals surface area contributed by atoms with E-state index in [1.54, 1.807) is 42.5 Å². The van der Waals surface area contributed by atoms with Crippen molar-refractivity contribution in [3.8, 4) is 17.2 Å². The fraction of sp³-hybridized carbons (Fsp3) is 0.208. The van der Waals surface area contributed by atoms with Gasteiger partial charge in [0.1, 0.15) is 24.0 Å². The Kier molecular flexibility index (Phi) is 11.5.